The predicted molar refractivity (Wildman–Crippen MR) is 55.6 cm³/mol. The fourth-order valence-electron chi connectivity index (χ4n) is 1.22. The van der Waals surface area contributed by atoms with Gasteiger partial charge in [-0.05, 0) is 18.6 Å². The Labute approximate surface area is 96.3 Å². The Morgan fingerprint density at radius 2 is 2.00 bits per heavy atom. The van der Waals surface area contributed by atoms with Gasteiger partial charge in [0.25, 0.3) is 5.91 Å². The van der Waals surface area contributed by atoms with Gasteiger partial charge in [0.05, 0.1) is 5.56 Å². The van der Waals surface area contributed by atoms with Gasteiger partial charge >= 0.3 is 5.97 Å². The number of rotatable bonds is 5. The van der Waals surface area contributed by atoms with Gasteiger partial charge in [-0.2, -0.15) is 0 Å². The van der Waals surface area contributed by atoms with E-state index in [4.69, 9.17) is 5.11 Å². The molecule has 0 aliphatic heterocycles. The summed E-state index contributed by atoms with van der Waals surface area (Å²) in [7, 11) is 0. The maximum Gasteiger partial charge on any atom is 0.303 e. The molecule has 2 N–H and O–H groups in total. The molecule has 92 valence electrons. The summed E-state index contributed by atoms with van der Waals surface area (Å²) >= 11 is 0. The maximum atomic E-state index is 13.2. The summed E-state index contributed by atoms with van der Waals surface area (Å²) in [6.45, 7) is 0.0983. The zero-order chi connectivity index (χ0) is 12.8. The van der Waals surface area contributed by atoms with Crippen LogP contribution in [0.15, 0.2) is 18.2 Å². The minimum Gasteiger partial charge on any atom is -0.481 e. The van der Waals surface area contributed by atoms with E-state index in [1.165, 1.54) is 6.07 Å². The second-order valence-electron chi connectivity index (χ2n) is 3.35. The quantitative estimate of drug-likeness (QED) is 0.771. The van der Waals surface area contributed by atoms with Gasteiger partial charge in [-0.25, -0.2) is 8.78 Å². The van der Waals surface area contributed by atoms with Gasteiger partial charge in [-0.15, -0.1) is 0 Å². The molecule has 0 unspecified atom stereocenters. The monoisotopic (exact) mass is 243 g/mol. The topological polar surface area (TPSA) is 66.4 Å². The van der Waals surface area contributed by atoms with E-state index in [9.17, 15) is 18.4 Å². The fraction of sp³-hybridized carbons (Fsp3) is 0.273. The smallest absolute Gasteiger partial charge is 0.303 e. The summed E-state index contributed by atoms with van der Waals surface area (Å²) in [5.41, 5.74) is -0.389. The van der Waals surface area contributed by atoms with Gasteiger partial charge in [0.1, 0.15) is 0 Å². The van der Waals surface area contributed by atoms with Gasteiger partial charge in [0.2, 0.25) is 0 Å². The minimum atomic E-state index is -1.21. The third kappa shape index (κ3) is 3.82. The van der Waals surface area contributed by atoms with Crippen LogP contribution in [-0.2, 0) is 4.79 Å². The number of carboxylic acids is 1. The molecule has 0 aromatic heterocycles. The number of benzene rings is 1. The number of carbonyl (C=O) groups excluding carboxylic acids is 1. The molecule has 0 saturated heterocycles. The number of amides is 1. The largest absolute Gasteiger partial charge is 0.481 e. The first-order chi connectivity index (χ1) is 8.02. The Balaban J connectivity index is 2.53. The molecule has 0 fully saturated rings. The van der Waals surface area contributed by atoms with E-state index in [1.807, 2.05) is 0 Å². The summed E-state index contributed by atoms with van der Waals surface area (Å²) < 4.78 is 26.0. The number of carbonyl (C=O) groups is 2. The van der Waals surface area contributed by atoms with Crippen molar-refractivity contribution < 1.29 is 23.5 Å². The third-order valence-corrected chi connectivity index (χ3v) is 2.05. The lowest BCUT2D eigenvalue weighted by Gasteiger charge is -2.05. The first kappa shape index (κ1) is 13.1. The third-order valence-electron chi connectivity index (χ3n) is 2.05. The zero-order valence-corrected chi connectivity index (χ0v) is 8.87. The second-order valence-corrected chi connectivity index (χ2v) is 3.35. The Bertz CT molecular complexity index is 435. The van der Waals surface area contributed by atoms with Crippen molar-refractivity contribution in [2.45, 2.75) is 12.8 Å². The van der Waals surface area contributed by atoms with Crippen LogP contribution in [0, 0.1) is 11.6 Å². The Morgan fingerprint density at radius 1 is 1.29 bits per heavy atom. The first-order valence-electron chi connectivity index (χ1n) is 4.96. The number of hydrogen-bond donors (Lipinski definition) is 2. The van der Waals surface area contributed by atoms with Gasteiger partial charge in [-0.3, -0.25) is 9.59 Å². The zero-order valence-electron chi connectivity index (χ0n) is 8.87. The summed E-state index contributed by atoms with van der Waals surface area (Å²) in [5, 5.41) is 10.7. The van der Waals surface area contributed by atoms with Crippen LogP contribution in [0.1, 0.15) is 23.2 Å². The first-order valence-corrected chi connectivity index (χ1v) is 4.96. The van der Waals surface area contributed by atoms with E-state index in [2.05, 4.69) is 5.32 Å². The molecule has 1 rings (SSSR count). The van der Waals surface area contributed by atoms with Crippen LogP contribution in [-0.4, -0.2) is 23.5 Å². The molecular weight excluding hydrogens is 232 g/mol. The van der Waals surface area contributed by atoms with E-state index in [0.29, 0.717) is 0 Å². The Morgan fingerprint density at radius 3 is 2.65 bits per heavy atom. The molecule has 1 aromatic rings. The van der Waals surface area contributed by atoms with Gasteiger partial charge in [-0.1, -0.05) is 6.07 Å². The highest BCUT2D eigenvalue weighted by molar-refractivity contribution is 5.94. The second kappa shape index (κ2) is 5.93. The van der Waals surface area contributed by atoms with Crippen LogP contribution in [0.25, 0.3) is 0 Å². The van der Waals surface area contributed by atoms with E-state index in [0.717, 1.165) is 12.1 Å². The number of carboxylic acid groups (broad SMARTS) is 1. The molecule has 1 amide bonds. The lowest BCUT2D eigenvalue weighted by molar-refractivity contribution is -0.137. The molecule has 0 spiro atoms. The normalized spacial score (nSPS) is 10.0. The van der Waals surface area contributed by atoms with Crippen molar-refractivity contribution in [3.8, 4) is 0 Å². The summed E-state index contributed by atoms with van der Waals surface area (Å²) in [4.78, 5) is 21.6. The number of aliphatic carboxylic acids is 1. The molecule has 0 saturated carbocycles. The van der Waals surface area contributed by atoms with Gasteiger partial charge in [0, 0.05) is 13.0 Å². The van der Waals surface area contributed by atoms with Crippen LogP contribution in [0.5, 0.6) is 0 Å². The van der Waals surface area contributed by atoms with Gasteiger partial charge < -0.3 is 10.4 Å². The summed E-state index contributed by atoms with van der Waals surface area (Å²) in [6.07, 6.45) is 0.143. The van der Waals surface area contributed by atoms with Crippen molar-refractivity contribution in [2.24, 2.45) is 0 Å². The van der Waals surface area contributed by atoms with Crippen molar-refractivity contribution in [3.05, 3.63) is 35.4 Å². The highest BCUT2D eigenvalue weighted by Gasteiger charge is 2.14. The molecule has 0 bridgehead atoms. The molecule has 4 nitrogen and oxygen atoms in total. The highest BCUT2D eigenvalue weighted by Crippen LogP contribution is 2.10. The highest BCUT2D eigenvalue weighted by atomic mass is 19.2. The lowest BCUT2D eigenvalue weighted by Crippen LogP contribution is -2.26. The van der Waals surface area contributed by atoms with Gasteiger partial charge in [0.15, 0.2) is 11.6 Å². The van der Waals surface area contributed by atoms with Crippen molar-refractivity contribution in [1.29, 1.82) is 0 Å². The minimum absolute atomic E-state index is 0.0914. The Hall–Kier alpha value is -1.98. The lowest BCUT2D eigenvalue weighted by atomic mass is 10.2. The standard InChI is InChI=1S/C11H11F2NO3/c12-8-4-1-3-7(10(8)13)11(17)14-6-2-5-9(15)16/h1,3-4H,2,5-6H2,(H,14,17)(H,15,16). The molecule has 17 heavy (non-hydrogen) atoms. The van der Waals surface area contributed by atoms with E-state index in [1.54, 1.807) is 0 Å². The fourth-order valence-corrected chi connectivity index (χ4v) is 1.22. The van der Waals surface area contributed by atoms with Crippen LogP contribution in [0.2, 0.25) is 0 Å². The van der Waals surface area contributed by atoms with Crippen LogP contribution in [0.4, 0.5) is 8.78 Å². The molecule has 0 aliphatic carbocycles. The van der Waals surface area contributed by atoms with Crippen molar-refractivity contribution >= 4 is 11.9 Å². The van der Waals surface area contributed by atoms with Crippen molar-refractivity contribution in [1.82, 2.24) is 5.32 Å². The number of hydrogen-bond acceptors (Lipinski definition) is 2. The molecule has 6 heteroatoms. The molecule has 0 heterocycles. The average molecular weight is 243 g/mol. The van der Waals surface area contributed by atoms with E-state index in [-0.39, 0.29) is 24.9 Å². The van der Waals surface area contributed by atoms with E-state index >= 15 is 0 Å². The molecule has 1 aromatic carbocycles. The average Bonchev–Trinajstić information content (AvgIpc) is 2.27. The molecule has 0 aliphatic rings. The van der Waals surface area contributed by atoms with Crippen LogP contribution >= 0.6 is 0 Å². The number of nitrogens with one attached hydrogen (secondary N) is 1. The Kier molecular flexibility index (Phi) is 4.56. The number of halogens is 2. The summed E-state index contributed by atoms with van der Waals surface area (Å²) in [6, 6.07) is 3.30. The van der Waals surface area contributed by atoms with Crippen LogP contribution < -0.4 is 5.32 Å². The van der Waals surface area contributed by atoms with Crippen LogP contribution in [0.3, 0.4) is 0 Å². The molecular formula is C11H11F2NO3. The van der Waals surface area contributed by atoms with Crippen molar-refractivity contribution in [2.75, 3.05) is 6.54 Å². The van der Waals surface area contributed by atoms with E-state index < -0.39 is 23.5 Å². The molecule has 0 atom stereocenters. The predicted octanol–water partition coefficient (Wildman–Crippen LogP) is 1.56. The maximum absolute atomic E-state index is 13.2. The SMILES string of the molecule is O=C(O)CCCNC(=O)c1cccc(F)c1F. The summed E-state index contributed by atoms with van der Waals surface area (Å²) in [5.74, 6) is -4.03. The van der Waals surface area contributed by atoms with Crippen molar-refractivity contribution in [3.63, 3.8) is 0 Å². The molecule has 0 radical (unpaired) electrons.